The van der Waals surface area contributed by atoms with Gasteiger partial charge in [-0.1, -0.05) is 37.3 Å². The number of benzene rings is 2. The molecular formula is C17H18N2S. The second-order valence-corrected chi connectivity index (χ2v) is 5.40. The van der Waals surface area contributed by atoms with Crippen molar-refractivity contribution in [2.45, 2.75) is 19.8 Å². The summed E-state index contributed by atoms with van der Waals surface area (Å²) in [6.45, 7) is 3.12. The van der Waals surface area contributed by atoms with Crippen LogP contribution in [0.4, 0.5) is 11.4 Å². The Morgan fingerprint density at radius 1 is 1.15 bits per heavy atom. The first-order valence-corrected chi connectivity index (χ1v) is 7.44. The normalized spacial score (nSPS) is 13.2. The Morgan fingerprint density at radius 2 is 1.90 bits per heavy atom. The highest BCUT2D eigenvalue weighted by atomic mass is 32.1. The van der Waals surface area contributed by atoms with Crippen LogP contribution in [0.3, 0.4) is 0 Å². The van der Waals surface area contributed by atoms with Crippen molar-refractivity contribution < 1.29 is 0 Å². The minimum absolute atomic E-state index is 0.777. The Balaban J connectivity index is 1.74. The number of thiocarbonyl (C=S) groups is 1. The molecule has 0 saturated heterocycles. The Hall–Kier alpha value is -1.87. The van der Waals surface area contributed by atoms with Gasteiger partial charge in [0.15, 0.2) is 5.11 Å². The lowest BCUT2D eigenvalue weighted by atomic mass is 10.1. The van der Waals surface area contributed by atoms with E-state index >= 15 is 0 Å². The van der Waals surface area contributed by atoms with E-state index in [2.05, 4.69) is 65.7 Å². The van der Waals surface area contributed by atoms with Gasteiger partial charge in [0, 0.05) is 17.9 Å². The average molecular weight is 282 g/mol. The zero-order valence-corrected chi connectivity index (χ0v) is 12.4. The van der Waals surface area contributed by atoms with Crippen molar-refractivity contribution >= 4 is 28.7 Å². The van der Waals surface area contributed by atoms with Crippen molar-refractivity contribution in [3.8, 4) is 0 Å². The van der Waals surface area contributed by atoms with Gasteiger partial charge in [0.25, 0.3) is 0 Å². The standard InChI is InChI=1S/C17H18N2S/c1-2-13-7-9-15(10-8-13)18-17(20)19-12-11-14-5-3-4-6-16(14)19/h3-10H,2,11-12H2,1H3,(H,18,20). The lowest BCUT2D eigenvalue weighted by molar-refractivity contribution is 1.03. The van der Waals surface area contributed by atoms with E-state index in [0.29, 0.717) is 0 Å². The molecule has 0 fully saturated rings. The van der Waals surface area contributed by atoms with Crippen molar-refractivity contribution in [1.29, 1.82) is 0 Å². The quantitative estimate of drug-likeness (QED) is 0.838. The van der Waals surface area contributed by atoms with Crippen LogP contribution in [-0.4, -0.2) is 11.7 Å². The molecule has 2 aromatic carbocycles. The Labute approximate surface area is 125 Å². The minimum Gasteiger partial charge on any atom is -0.332 e. The fourth-order valence-electron chi connectivity index (χ4n) is 2.56. The molecule has 1 aliphatic rings. The van der Waals surface area contributed by atoms with E-state index in [1.165, 1.54) is 16.8 Å². The Morgan fingerprint density at radius 3 is 2.65 bits per heavy atom. The van der Waals surface area contributed by atoms with Gasteiger partial charge in [-0.2, -0.15) is 0 Å². The molecule has 0 aromatic heterocycles. The highest BCUT2D eigenvalue weighted by molar-refractivity contribution is 7.80. The van der Waals surface area contributed by atoms with Crippen molar-refractivity contribution in [3.05, 3.63) is 59.7 Å². The summed E-state index contributed by atoms with van der Waals surface area (Å²) >= 11 is 5.55. The van der Waals surface area contributed by atoms with Crippen LogP contribution < -0.4 is 10.2 Å². The second-order valence-electron chi connectivity index (χ2n) is 5.01. The van der Waals surface area contributed by atoms with Gasteiger partial charge in [0.05, 0.1) is 0 Å². The van der Waals surface area contributed by atoms with Gasteiger partial charge in [-0.3, -0.25) is 0 Å². The zero-order valence-electron chi connectivity index (χ0n) is 11.6. The zero-order chi connectivity index (χ0) is 13.9. The molecule has 3 rings (SSSR count). The minimum atomic E-state index is 0.777. The van der Waals surface area contributed by atoms with Crippen molar-refractivity contribution in [2.75, 3.05) is 16.8 Å². The molecule has 1 N–H and O–H groups in total. The van der Waals surface area contributed by atoms with E-state index in [-0.39, 0.29) is 0 Å². The number of para-hydroxylation sites is 1. The predicted molar refractivity (Wildman–Crippen MR) is 89.5 cm³/mol. The van der Waals surface area contributed by atoms with Gasteiger partial charge >= 0.3 is 0 Å². The molecular weight excluding hydrogens is 264 g/mol. The van der Waals surface area contributed by atoms with Crippen LogP contribution in [0.15, 0.2) is 48.5 Å². The lowest BCUT2D eigenvalue weighted by Crippen LogP contribution is -2.33. The summed E-state index contributed by atoms with van der Waals surface area (Å²) in [7, 11) is 0. The summed E-state index contributed by atoms with van der Waals surface area (Å²) in [4.78, 5) is 2.18. The van der Waals surface area contributed by atoms with E-state index in [1.54, 1.807) is 0 Å². The molecule has 0 spiro atoms. The smallest absolute Gasteiger partial charge is 0.177 e. The maximum Gasteiger partial charge on any atom is 0.177 e. The van der Waals surface area contributed by atoms with E-state index in [0.717, 1.165) is 30.2 Å². The first-order chi connectivity index (χ1) is 9.78. The van der Waals surface area contributed by atoms with Crippen molar-refractivity contribution in [1.82, 2.24) is 0 Å². The number of aryl methyl sites for hydroxylation is 1. The second kappa shape index (κ2) is 5.63. The summed E-state index contributed by atoms with van der Waals surface area (Å²) in [5.41, 5.74) is 5.00. The largest absolute Gasteiger partial charge is 0.332 e. The van der Waals surface area contributed by atoms with Crippen LogP contribution in [0.25, 0.3) is 0 Å². The van der Waals surface area contributed by atoms with Gasteiger partial charge in [-0.25, -0.2) is 0 Å². The molecule has 0 aliphatic carbocycles. The van der Waals surface area contributed by atoms with Crippen LogP contribution in [-0.2, 0) is 12.8 Å². The maximum absolute atomic E-state index is 5.55. The fraction of sp³-hybridized carbons (Fsp3) is 0.235. The third-order valence-corrected chi connectivity index (χ3v) is 4.07. The topological polar surface area (TPSA) is 15.3 Å². The van der Waals surface area contributed by atoms with Gasteiger partial charge in [-0.05, 0) is 54.4 Å². The van der Waals surface area contributed by atoms with E-state index in [9.17, 15) is 0 Å². The number of rotatable bonds is 2. The Kier molecular flexibility index (Phi) is 3.70. The molecule has 1 aliphatic heterocycles. The van der Waals surface area contributed by atoms with Gasteiger partial charge in [0.1, 0.15) is 0 Å². The maximum atomic E-state index is 5.55. The fourth-order valence-corrected chi connectivity index (χ4v) is 2.87. The number of nitrogens with zero attached hydrogens (tertiary/aromatic N) is 1. The molecule has 0 amide bonds. The average Bonchev–Trinajstić information content (AvgIpc) is 2.92. The van der Waals surface area contributed by atoms with Gasteiger partial charge in [-0.15, -0.1) is 0 Å². The van der Waals surface area contributed by atoms with Crippen molar-refractivity contribution in [3.63, 3.8) is 0 Å². The number of hydrogen-bond acceptors (Lipinski definition) is 1. The number of nitrogens with one attached hydrogen (secondary N) is 1. The molecule has 1 heterocycles. The number of anilines is 2. The van der Waals surface area contributed by atoms with E-state index in [1.807, 2.05) is 0 Å². The molecule has 0 unspecified atom stereocenters. The monoisotopic (exact) mass is 282 g/mol. The molecule has 3 heteroatoms. The molecule has 102 valence electrons. The van der Waals surface area contributed by atoms with Gasteiger partial charge < -0.3 is 10.2 Å². The summed E-state index contributed by atoms with van der Waals surface area (Å²) in [5.74, 6) is 0. The number of fused-ring (bicyclic) bond motifs is 1. The van der Waals surface area contributed by atoms with Crippen LogP contribution in [0.2, 0.25) is 0 Å². The molecule has 20 heavy (non-hydrogen) atoms. The van der Waals surface area contributed by atoms with E-state index in [4.69, 9.17) is 12.2 Å². The van der Waals surface area contributed by atoms with Gasteiger partial charge in [0.2, 0.25) is 0 Å². The SMILES string of the molecule is CCc1ccc(NC(=S)N2CCc3ccccc32)cc1. The summed E-state index contributed by atoms with van der Waals surface area (Å²) < 4.78 is 0. The Bertz CT molecular complexity index is 619. The van der Waals surface area contributed by atoms with Crippen LogP contribution in [0, 0.1) is 0 Å². The van der Waals surface area contributed by atoms with Crippen LogP contribution >= 0.6 is 12.2 Å². The first kappa shape index (κ1) is 13.1. The third-order valence-electron chi connectivity index (χ3n) is 3.75. The highest BCUT2D eigenvalue weighted by Gasteiger charge is 2.21. The molecule has 0 saturated carbocycles. The van der Waals surface area contributed by atoms with Crippen LogP contribution in [0.5, 0.6) is 0 Å². The molecule has 0 bridgehead atoms. The number of hydrogen-bond donors (Lipinski definition) is 1. The predicted octanol–water partition coefficient (Wildman–Crippen LogP) is 4.01. The van der Waals surface area contributed by atoms with E-state index < -0.39 is 0 Å². The third kappa shape index (κ3) is 2.54. The molecule has 0 atom stereocenters. The van der Waals surface area contributed by atoms with Crippen LogP contribution in [0.1, 0.15) is 18.1 Å². The summed E-state index contributed by atoms with van der Waals surface area (Å²) in [6, 6.07) is 16.9. The first-order valence-electron chi connectivity index (χ1n) is 7.03. The summed E-state index contributed by atoms with van der Waals surface area (Å²) in [6.07, 6.45) is 2.12. The van der Waals surface area contributed by atoms with Crippen molar-refractivity contribution in [2.24, 2.45) is 0 Å². The summed E-state index contributed by atoms with van der Waals surface area (Å²) in [5, 5.41) is 4.11. The molecule has 0 radical (unpaired) electrons. The highest BCUT2D eigenvalue weighted by Crippen LogP contribution is 2.28. The lowest BCUT2D eigenvalue weighted by Gasteiger charge is -2.21. The molecule has 2 nitrogen and oxygen atoms in total. The molecule has 2 aromatic rings.